The van der Waals surface area contributed by atoms with Crippen molar-refractivity contribution in [3.63, 3.8) is 0 Å². The van der Waals surface area contributed by atoms with E-state index in [1.807, 2.05) is 20.8 Å². The van der Waals surface area contributed by atoms with Crippen molar-refractivity contribution in [1.29, 1.82) is 0 Å². The molecule has 0 bridgehead atoms. The average Bonchev–Trinajstić information content (AvgIpc) is 2.82. The summed E-state index contributed by atoms with van der Waals surface area (Å²) in [5.74, 6) is -3.46. The first-order valence-electron chi connectivity index (χ1n) is 15.6. The van der Waals surface area contributed by atoms with Gasteiger partial charge in [0.15, 0.2) is 0 Å². The quantitative estimate of drug-likeness (QED) is 0.180. The molecule has 0 aromatic heterocycles. The highest BCUT2D eigenvalue weighted by Crippen LogP contribution is 2.24. The van der Waals surface area contributed by atoms with Crippen molar-refractivity contribution in [3.05, 3.63) is 0 Å². The van der Waals surface area contributed by atoms with Crippen LogP contribution in [-0.4, -0.2) is 71.7 Å². The van der Waals surface area contributed by atoms with Crippen LogP contribution in [-0.2, 0) is 42.9 Å². The summed E-state index contributed by atoms with van der Waals surface area (Å²) in [6.07, 6.45) is -0.0705. The molecule has 0 aromatic carbocycles. The predicted octanol–water partition coefficient (Wildman–Crippen LogP) is 5.18. The normalized spacial score (nSPS) is 14.3. The Bertz CT molecular complexity index is 1030. The number of methoxy groups -OCH3 is 1. The number of hydrogen-bond acceptors (Lipinski definition) is 10. The molecule has 12 heteroatoms. The summed E-state index contributed by atoms with van der Waals surface area (Å²) in [7, 11) is 1.20. The SMILES string of the molecule is COC(=O)[C@H](CCC(=O)OC(C)(C)C)CC(=O)CC[C@H](NC(=O)N[C@@H](CCC(=O)OC(C)(C)C)C(C)(C)C)C(=O)OC(C)(C)C. The second-order valence-corrected chi connectivity index (χ2v) is 15.4. The van der Waals surface area contributed by atoms with Gasteiger partial charge in [-0.2, -0.15) is 0 Å². The minimum atomic E-state index is -1.17. The summed E-state index contributed by atoms with van der Waals surface area (Å²) < 4.78 is 21.0. The number of rotatable bonds is 15. The molecule has 0 rings (SSSR count). The Morgan fingerprint density at radius 1 is 0.578 bits per heavy atom. The number of carbonyl (C=O) groups excluding carboxylic acids is 6. The Labute approximate surface area is 269 Å². The van der Waals surface area contributed by atoms with Gasteiger partial charge in [0, 0.05) is 31.7 Å². The minimum Gasteiger partial charge on any atom is -0.469 e. The summed E-state index contributed by atoms with van der Waals surface area (Å²) in [6.45, 7) is 21.3. The summed E-state index contributed by atoms with van der Waals surface area (Å²) >= 11 is 0. The van der Waals surface area contributed by atoms with Crippen LogP contribution in [0.1, 0.15) is 128 Å². The molecule has 0 aliphatic heterocycles. The largest absolute Gasteiger partial charge is 0.469 e. The van der Waals surface area contributed by atoms with Crippen molar-refractivity contribution in [2.24, 2.45) is 11.3 Å². The van der Waals surface area contributed by atoms with E-state index in [4.69, 9.17) is 18.9 Å². The minimum absolute atomic E-state index is 0.0565. The van der Waals surface area contributed by atoms with Gasteiger partial charge in [0.05, 0.1) is 13.0 Å². The molecule has 0 unspecified atom stereocenters. The van der Waals surface area contributed by atoms with Crippen molar-refractivity contribution >= 4 is 35.7 Å². The molecule has 0 aromatic rings. The Morgan fingerprint density at radius 2 is 1.04 bits per heavy atom. The lowest BCUT2D eigenvalue weighted by atomic mass is 9.84. The number of urea groups is 1. The fraction of sp³-hybridized carbons (Fsp3) is 0.818. The number of ketones is 1. The molecule has 12 nitrogen and oxygen atoms in total. The van der Waals surface area contributed by atoms with Crippen molar-refractivity contribution in [2.45, 2.75) is 157 Å². The molecule has 0 aliphatic rings. The third-order valence-electron chi connectivity index (χ3n) is 6.24. The third-order valence-corrected chi connectivity index (χ3v) is 6.24. The highest BCUT2D eigenvalue weighted by atomic mass is 16.6. The van der Waals surface area contributed by atoms with Crippen LogP contribution in [0.3, 0.4) is 0 Å². The first-order valence-corrected chi connectivity index (χ1v) is 15.6. The molecule has 0 saturated heterocycles. The van der Waals surface area contributed by atoms with E-state index in [-0.39, 0.29) is 50.3 Å². The molecule has 0 spiro atoms. The van der Waals surface area contributed by atoms with Gasteiger partial charge < -0.3 is 29.6 Å². The van der Waals surface area contributed by atoms with E-state index in [0.29, 0.717) is 6.42 Å². The van der Waals surface area contributed by atoms with Crippen LogP contribution < -0.4 is 10.6 Å². The number of hydrogen-bond donors (Lipinski definition) is 2. The van der Waals surface area contributed by atoms with Crippen LogP contribution in [0.25, 0.3) is 0 Å². The van der Waals surface area contributed by atoms with Gasteiger partial charge in [0.2, 0.25) is 0 Å². The molecule has 45 heavy (non-hydrogen) atoms. The standard InChI is InChI=1S/C33H58N2O10/c1-30(2,3)24(17-19-26(38)44-32(7,8)9)35-29(41)34-23(28(40)45-33(10,11)12)16-15-22(36)20-21(27(39)42-13)14-18-25(37)43-31(4,5)6/h21,23-24H,14-20H2,1-13H3,(H2,34,35,41)/t21-,23+,24+/m1/s1. The number of amides is 2. The van der Waals surface area contributed by atoms with E-state index in [1.54, 1.807) is 62.3 Å². The van der Waals surface area contributed by atoms with Crippen LogP contribution in [0.15, 0.2) is 0 Å². The van der Waals surface area contributed by atoms with Crippen LogP contribution in [0.2, 0.25) is 0 Å². The van der Waals surface area contributed by atoms with Gasteiger partial charge in [-0.3, -0.25) is 19.2 Å². The van der Waals surface area contributed by atoms with Crippen molar-refractivity contribution in [1.82, 2.24) is 10.6 Å². The number of ether oxygens (including phenoxy) is 4. The molecule has 2 N–H and O–H groups in total. The maximum atomic E-state index is 13.1. The van der Waals surface area contributed by atoms with E-state index >= 15 is 0 Å². The van der Waals surface area contributed by atoms with E-state index in [1.165, 1.54) is 7.11 Å². The Hall–Kier alpha value is -3.18. The second kappa shape index (κ2) is 17.5. The van der Waals surface area contributed by atoms with Crippen LogP contribution >= 0.6 is 0 Å². The predicted molar refractivity (Wildman–Crippen MR) is 169 cm³/mol. The molecule has 260 valence electrons. The lowest BCUT2D eigenvalue weighted by molar-refractivity contribution is -0.158. The molecule has 0 fully saturated rings. The maximum absolute atomic E-state index is 13.1. The van der Waals surface area contributed by atoms with Crippen LogP contribution in [0.4, 0.5) is 4.79 Å². The van der Waals surface area contributed by atoms with Crippen molar-refractivity contribution < 1.29 is 47.7 Å². The van der Waals surface area contributed by atoms with Crippen molar-refractivity contribution in [3.8, 4) is 0 Å². The number of esters is 4. The maximum Gasteiger partial charge on any atom is 0.329 e. The molecule has 0 heterocycles. The lowest BCUT2D eigenvalue weighted by Crippen LogP contribution is -2.53. The van der Waals surface area contributed by atoms with Gasteiger partial charge >= 0.3 is 29.9 Å². The topological polar surface area (TPSA) is 163 Å². The van der Waals surface area contributed by atoms with E-state index in [2.05, 4.69) is 10.6 Å². The summed E-state index contributed by atoms with van der Waals surface area (Å²) in [4.78, 5) is 75.9. The smallest absolute Gasteiger partial charge is 0.329 e. The van der Waals surface area contributed by atoms with E-state index < -0.39 is 64.2 Å². The van der Waals surface area contributed by atoms with Crippen LogP contribution in [0, 0.1) is 11.3 Å². The van der Waals surface area contributed by atoms with Gasteiger partial charge in [-0.15, -0.1) is 0 Å². The summed E-state index contributed by atoms with van der Waals surface area (Å²) in [5.41, 5.74) is -2.60. The molecule has 3 atom stereocenters. The molecule has 0 saturated carbocycles. The fourth-order valence-corrected chi connectivity index (χ4v) is 4.19. The number of nitrogens with one attached hydrogen (secondary N) is 2. The zero-order valence-electron chi connectivity index (χ0n) is 29.8. The Balaban J connectivity index is 5.56. The molecular weight excluding hydrogens is 584 g/mol. The third kappa shape index (κ3) is 20.5. The Kier molecular flexibility index (Phi) is 16.3. The molecular formula is C33H58N2O10. The van der Waals surface area contributed by atoms with Gasteiger partial charge in [-0.05, 0) is 87.0 Å². The lowest BCUT2D eigenvalue weighted by Gasteiger charge is -2.32. The molecule has 0 aliphatic carbocycles. The molecule has 0 radical (unpaired) electrons. The summed E-state index contributed by atoms with van der Waals surface area (Å²) in [5, 5.41) is 5.48. The van der Waals surface area contributed by atoms with Gasteiger partial charge in [0.1, 0.15) is 28.6 Å². The van der Waals surface area contributed by atoms with E-state index in [9.17, 15) is 28.8 Å². The zero-order valence-corrected chi connectivity index (χ0v) is 29.8. The summed E-state index contributed by atoms with van der Waals surface area (Å²) in [6, 6.07) is -2.28. The van der Waals surface area contributed by atoms with Gasteiger partial charge in [-0.1, -0.05) is 20.8 Å². The van der Waals surface area contributed by atoms with Gasteiger partial charge in [0.25, 0.3) is 0 Å². The van der Waals surface area contributed by atoms with Crippen LogP contribution in [0.5, 0.6) is 0 Å². The average molecular weight is 643 g/mol. The first kappa shape index (κ1) is 41.8. The molecule has 2 amide bonds. The fourth-order valence-electron chi connectivity index (χ4n) is 4.19. The zero-order chi connectivity index (χ0) is 35.4. The first-order chi connectivity index (χ1) is 20.2. The monoisotopic (exact) mass is 642 g/mol. The number of Topliss-reactive ketones (excluding diaryl/α,β-unsaturated/α-hetero) is 1. The van der Waals surface area contributed by atoms with Gasteiger partial charge in [-0.25, -0.2) is 9.59 Å². The van der Waals surface area contributed by atoms with E-state index in [0.717, 1.165) is 0 Å². The highest BCUT2D eigenvalue weighted by Gasteiger charge is 2.32. The second-order valence-electron chi connectivity index (χ2n) is 15.4. The Morgan fingerprint density at radius 3 is 1.47 bits per heavy atom. The number of carbonyl (C=O) groups is 6. The highest BCUT2D eigenvalue weighted by molar-refractivity contribution is 5.87. The van der Waals surface area contributed by atoms with Crippen molar-refractivity contribution in [2.75, 3.05) is 7.11 Å².